The zero-order valence-electron chi connectivity index (χ0n) is 21.4. The molecule has 1 fully saturated rings. The van der Waals surface area contributed by atoms with E-state index in [0.29, 0.717) is 24.3 Å². The molecule has 4 N–H and O–H groups in total. The molecule has 9 heteroatoms. The Balaban J connectivity index is 1.85. The minimum atomic E-state index is -0.920. The standard InChI is InChI=1S/C26H38FN5O3/c1-15-9-6-7-12-32(15)21(33)13-17(18(23(28)34)14-26(3,4)5)25(35)29-16(2)24-30-20-11-8-10-19(27)22(20)31-24/h8,10-11,15-18H,6-7,9,12-14H2,1-5H3,(H2,28,34)(H,29,35)(H,30,31)/t15-,16-,17-,18?/m0/s1. The van der Waals surface area contributed by atoms with Gasteiger partial charge in [0.15, 0.2) is 5.82 Å². The molecule has 1 saturated heterocycles. The number of aromatic nitrogens is 2. The number of rotatable bonds is 8. The first-order chi connectivity index (χ1) is 16.4. The quantitative estimate of drug-likeness (QED) is 0.524. The Morgan fingerprint density at radius 3 is 2.57 bits per heavy atom. The summed E-state index contributed by atoms with van der Waals surface area (Å²) in [5.41, 5.74) is 6.21. The molecule has 2 aromatic rings. The van der Waals surface area contributed by atoms with Crippen molar-refractivity contribution < 1.29 is 18.8 Å². The largest absolute Gasteiger partial charge is 0.369 e. The number of aromatic amines is 1. The predicted octanol–water partition coefficient (Wildman–Crippen LogP) is 3.82. The SMILES string of the molecule is C[C@H](NC(=O)[C@@H](CC(=O)N1CCCC[C@@H]1C)C(CC(C)(C)C)C(N)=O)c1nc2c(F)cccc2[nH]1. The number of nitrogens with one attached hydrogen (secondary N) is 2. The molecule has 35 heavy (non-hydrogen) atoms. The Bertz CT molecular complexity index is 1080. The molecule has 0 saturated carbocycles. The van der Waals surface area contributed by atoms with Gasteiger partial charge in [0.05, 0.1) is 23.4 Å². The molecule has 1 aromatic carbocycles. The smallest absolute Gasteiger partial charge is 0.225 e. The van der Waals surface area contributed by atoms with Crippen LogP contribution in [0, 0.1) is 23.1 Å². The number of likely N-dealkylation sites (tertiary alicyclic amines) is 1. The number of carbonyl (C=O) groups is 3. The minimum Gasteiger partial charge on any atom is -0.369 e. The van der Waals surface area contributed by atoms with Crippen molar-refractivity contribution in [2.24, 2.45) is 23.0 Å². The second-order valence-electron chi connectivity index (χ2n) is 11.0. The van der Waals surface area contributed by atoms with Crippen molar-refractivity contribution in [1.82, 2.24) is 20.2 Å². The first-order valence-corrected chi connectivity index (χ1v) is 12.4. The average Bonchev–Trinajstić information content (AvgIpc) is 3.21. The van der Waals surface area contributed by atoms with E-state index in [4.69, 9.17) is 5.73 Å². The molecule has 1 aliphatic rings. The van der Waals surface area contributed by atoms with Gasteiger partial charge >= 0.3 is 0 Å². The van der Waals surface area contributed by atoms with Gasteiger partial charge in [0.2, 0.25) is 17.7 Å². The Morgan fingerprint density at radius 1 is 1.26 bits per heavy atom. The number of nitrogens with two attached hydrogens (primary N) is 1. The van der Waals surface area contributed by atoms with Crippen molar-refractivity contribution in [3.05, 3.63) is 29.8 Å². The van der Waals surface area contributed by atoms with Gasteiger partial charge in [-0.25, -0.2) is 9.37 Å². The van der Waals surface area contributed by atoms with Crippen molar-refractivity contribution in [3.8, 4) is 0 Å². The number of carbonyl (C=O) groups excluding carboxylic acids is 3. The zero-order chi connectivity index (χ0) is 25.9. The first-order valence-electron chi connectivity index (χ1n) is 12.4. The number of piperidine rings is 1. The highest BCUT2D eigenvalue weighted by Gasteiger charge is 2.39. The van der Waals surface area contributed by atoms with Crippen LogP contribution in [0.4, 0.5) is 4.39 Å². The molecule has 0 aliphatic carbocycles. The lowest BCUT2D eigenvalue weighted by molar-refractivity contribution is -0.142. The normalized spacial score (nSPS) is 19.3. The van der Waals surface area contributed by atoms with Crippen LogP contribution in [0.5, 0.6) is 0 Å². The van der Waals surface area contributed by atoms with Crippen LogP contribution >= 0.6 is 0 Å². The van der Waals surface area contributed by atoms with Crippen LogP contribution in [-0.4, -0.2) is 45.2 Å². The molecular formula is C26H38FN5O3. The van der Waals surface area contributed by atoms with Crippen molar-refractivity contribution >= 4 is 28.8 Å². The number of H-pyrrole nitrogens is 1. The Hall–Kier alpha value is -2.97. The van der Waals surface area contributed by atoms with Gasteiger partial charge < -0.3 is 20.9 Å². The Kier molecular flexibility index (Phi) is 8.18. The van der Waals surface area contributed by atoms with E-state index >= 15 is 0 Å². The van der Waals surface area contributed by atoms with Gasteiger partial charge in [-0.15, -0.1) is 0 Å². The number of halogens is 1. The maximum Gasteiger partial charge on any atom is 0.225 e. The second kappa shape index (κ2) is 10.7. The molecule has 192 valence electrons. The van der Waals surface area contributed by atoms with E-state index in [-0.39, 0.29) is 29.3 Å². The van der Waals surface area contributed by atoms with Crippen LogP contribution in [0.25, 0.3) is 11.0 Å². The highest BCUT2D eigenvalue weighted by Crippen LogP contribution is 2.32. The summed E-state index contributed by atoms with van der Waals surface area (Å²) in [6.45, 7) is 10.3. The lowest BCUT2D eigenvalue weighted by atomic mass is 9.76. The summed E-state index contributed by atoms with van der Waals surface area (Å²) in [6.07, 6.45) is 3.19. The molecule has 4 atom stereocenters. The Labute approximate surface area is 206 Å². The molecule has 1 aliphatic heterocycles. The molecule has 3 amide bonds. The molecule has 0 spiro atoms. The van der Waals surface area contributed by atoms with Crippen LogP contribution in [0.2, 0.25) is 0 Å². The van der Waals surface area contributed by atoms with Gasteiger partial charge in [-0.3, -0.25) is 14.4 Å². The van der Waals surface area contributed by atoms with E-state index in [2.05, 4.69) is 15.3 Å². The lowest BCUT2D eigenvalue weighted by Crippen LogP contribution is -2.47. The summed E-state index contributed by atoms with van der Waals surface area (Å²) in [6, 6.07) is 4.11. The molecule has 0 bridgehead atoms. The minimum absolute atomic E-state index is 0.0959. The molecule has 1 aromatic heterocycles. The van der Waals surface area contributed by atoms with Crippen molar-refractivity contribution in [2.45, 2.75) is 78.8 Å². The van der Waals surface area contributed by atoms with Crippen LogP contribution < -0.4 is 11.1 Å². The van der Waals surface area contributed by atoms with E-state index < -0.39 is 35.5 Å². The molecule has 2 heterocycles. The molecular weight excluding hydrogens is 449 g/mol. The number of para-hydroxylation sites is 1. The molecule has 8 nitrogen and oxygen atoms in total. The highest BCUT2D eigenvalue weighted by molar-refractivity contribution is 5.91. The number of primary amides is 1. The van der Waals surface area contributed by atoms with Crippen molar-refractivity contribution in [1.29, 1.82) is 0 Å². The number of fused-ring (bicyclic) bond motifs is 1. The number of amides is 3. The highest BCUT2D eigenvalue weighted by atomic mass is 19.1. The molecule has 0 radical (unpaired) electrons. The summed E-state index contributed by atoms with van der Waals surface area (Å²) in [7, 11) is 0. The fourth-order valence-corrected chi connectivity index (χ4v) is 4.90. The third kappa shape index (κ3) is 6.58. The topological polar surface area (TPSA) is 121 Å². The van der Waals surface area contributed by atoms with Gasteiger partial charge in [0.25, 0.3) is 0 Å². The summed E-state index contributed by atoms with van der Waals surface area (Å²) in [4.78, 5) is 48.5. The average molecular weight is 488 g/mol. The van der Waals surface area contributed by atoms with Crippen molar-refractivity contribution in [3.63, 3.8) is 0 Å². The molecule has 3 rings (SSSR count). The molecule has 1 unspecified atom stereocenters. The fourth-order valence-electron chi connectivity index (χ4n) is 4.90. The fraction of sp³-hybridized carbons (Fsp3) is 0.615. The maximum absolute atomic E-state index is 14.1. The summed E-state index contributed by atoms with van der Waals surface area (Å²) in [5.74, 6) is -2.98. The second-order valence-corrected chi connectivity index (χ2v) is 11.0. The summed E-state index contributed by atoms with van der Waals surface area (Å²) in [5, 5.41) is 2.88. The van der Waals surface area contributed by atoms with Gasteiger partial charge in [0.1, 0.15) is 11.3 Å². The number of nitrogens with zero attached hydrogens (tertiary/aromatic N) is 2. The van der Waals surface area contributed by atoms with E-state index in [1.165, 1.54) is 6.07 Å². The van der Waals surface area contributed by atoms with Gasteiger partial charge in [-0.05, 0) is 57.1 Å². The monoisotopic (exact) mass is 487 g/mol. The third-order valence-corrected chi connectivity index (χ3v) is 6.79. The van der Waals surface area contributed by atoms with Gasteiger partial charge in [-0.1, -0.05) is 26.8 Å². The number of imidazole rings is 1. The number of hydrogen-bond donors (Lipinski definition) is 3. The predicted molar refractivity (Wildman–Crippen MR) is 132 cm³/mol. The van der Waals surface area contributed by atoms with Crippen LogP contribution in [0.15, 0.2) is 18.2 Å². The van der Waals surface area contributed by atoms with E-state index in [1.807, 2.05) is 32.6 Å². The van der Waals surface area contributed by atoms with Gasteiger partial charge in [-0.2, -0.15) is 0 Å². The Morgan fingerprint density at radius 2 is 1.97 bits per heavy atom. The number of benzene rings is 1. The van der Waals surface area contributed by atoms with Crippen LogP contribution in [-0.2, 0) is 14.4 Å². The maximum atomic E-state index is 14.1. The van der Waals surface area contributed by atoms with Crippen LogP contribution in [0.3, 0.4) is 0 Å². The third-order valence-electron chi connectivity index (χ3n) is 6.79. The zero-order valence-corrected chi connectivity index (χ0v) is 21.4. The van der Waals surface area contributed by atoms with E-state index in [9.17, 15) is 18.8 Å². The van der Waals surface area contributed by atoms with Crippen molar-refractivity contribution in [2.75, 3.05) is 6.54 Å². The summed E-state index contributed by atoms with van der Waals surface area (Å²) >= 11 is 0. The van der Waals surface area contributed by atoms with Crippen LogP contribution in [0.1, 0.15) is 78.6 Å². The lowest BCUT2D eigenvalue weighted by Gasteiger charge is -2.36. The van der Waals surface area contributed by atoms with E-state index in [0.717, 1.165) is 19.3 Å². The number of hydrogen-bond acceptors (Lipinski definition) is 4. The van der Waals surface area contributed by atoms with E-state index in [1.54, 1.807) is 19.1 Å². The first kappa shape index (κ1) is 26.6. The summed E-state index contributed by atoms with van der Waals surface area (Å²) < 4.78 is 14.1. The van der Waals surface area contributed by atoms with Gasteiger partial charge in [0, 0.05) is 19.0 Å².